The Kier molecular flexibility index (Phi) is 4.70. The van der Waals surface area contributed by atoms with Crippen LogP contribution in [0.25, 0.3) is 0 Å². The maximum Gasteiger partial charge on any atom is 0.316 e. The number of fused-ring (bicyclic) bond motifs is 2. The predicted octanol–water partition coefficient (Wildman–Crippen LogP) is 1.75. The van der Waals surface area contributed by atoms with Crippen LogP contribution in [-0.2, 0) is 12.8 Å². The molecule has 0 fully saturated rings. The van der Waals surface area contributed by atoms with Crippen molar-refractivity contribution in [2.45, 2.75) is 19.8 Å². The molecule has 4 rings (SSSR count). The van der Waals surface area contributed by atoms with Crippen molar-refractivity contribution in [3.8, 4) is 11.8 Å². The Morgan fingerprint density at radius 2 is 2.08 bits per heavy atom. The topological polar surface area (TPSA) is 59.5 Å². The lowest BCUT2D eigenvalue weighted by molar-refractivity contribution is 0.277. The second kappa shape index (κ2) is 7.27. The van der Waals surface area contributed by atoms with Crippen LogP contribution in [0.2, 0.25) is 0 Å². The van der Waals surface area contributed by atoms with E-state index in [1.54, 1.807) is 18.5 Å². The second-order valence-electron chi connectivity index (χ2n) is 6.45. The van der Waals surface area contributed by atoms with Crippen LogP contribution >= 0.6 is 0 Å². The molecule has 1 aromatic heterocycles. The Hall–Kier alpha value is -2.34. The third kappa shape index (κ3) is 3.39. The Morgan fingerprint density at radius 1 is 1.24 bits per heavy atom. The summed E-state index contributed by atoms with van der Waals surface area (Å²) in [7, 11) is 0. The lowest BCUT2D eigenvalue weighted by Gasteiger charge is -2.34. The number of hydrogen-bond donors (Lipinski definition) is 1. The Morgan fingerprint density at radius 3 is 2.96 bits per heavy atom. The average molecular weight is 340 g/mol. The van der Waals surface area contributed by atoms with Gasteiger partial charge in [0.15, 0.2) is 0 Å². The van der Waals surface area contributed by atoms with Gasteiger partial charge in [-0.3, -0.25) is 0 Å². The van der Waals surface area contributed by atoms with Crippen molar-refractivity contribution in [1.29, 1.82) is 0 Å². The quantitative estimate of drug-likeness (QED) is 0.915. The smallest absolute Gasteiger partial charge is 0.316 e. The highest BCUT2D eigenvalue weighted by atomic mass is 16.5. The van der Waals surface area contributed by atoms with E-state index >= 15 is 0 Å². The van der Waals surface area contributed by atoms with Crippen molar-refractivity contribution in [1.82, 2.24) is 15.3 Å². The van der Waals surface area contributed by atoms with Gasteiger partial charge in [0.1, 0.15) is 19.0 Å². The highest BCUT2D eigenvalue weighted by molar-refractivity contribution is 5.69. The monoisotopic (exact) mass is 340 g/mol. The van der Waals surface area contributed by atoms with E-state index in [4.69, 9.17) is 9.47 Å². The normalized spacial score (nSPS) is 16.4. The van der Waals surface area contributed by atoms with Gasteiger partial charge in [0.25, 0.3) is 0 Å². The van der Waals surface area contributed by atoms with Crippen LogP contribution in [0.4, 0.5) is 5.69 Å². The first-order valence-electron chi connectivity index (χ1n) is 8.96. The summed E-state index contributed by atoms with van der Waals surface area (Å²) in [5, 5.41) is 3.49. The molecule has 132 valence electrons. The van der Waals surface area contributed by atoms with Gasteiger partial charge < -0.3 is 19.7 Å². The molecule has 0 spiro atoms. The molecule has 2 aromatic rings. The van der Waals surface area contributed by atoms with E-state index in [9.17, 15) is 0 Å². The number of nitrogens with zero attached hydrogens (tertiary/aromatic N) is 3. The summed E-state index contributed by atoms with van der Waals surface area (Å²) in [5.41, 5.74) is 5.49. The van der Waals surface area contributed by atoms with Gasteiger partial charge >= 0.3 is 6.01 Å². The van der Waals surface area contributed by atoms with Gasteiger partial charge in [-0.25, -0.2) is 9.97 Å². The summed E-state index contributed by atoms with van der Waals surface area (Å²) >= 11 is 0. The molecule has 0 amide bonds. The maximum absolute atomic E-state index is 5.98. The van der Waals surface area contributed by atoms with Crippen LogP contribution < -0.4 is 19.7 Å². The van der Waals surface area contributed by atoms with Crippen LogP contribution in [0.1, 0.15) is 16.7 Å². The number of benzene rings is 1. The van der Waals surface area contributed by atoms with Crippen LogP contribution in [0.3, 0.4) is 0 Å². The average Bonchev–Trinajstić information content (AvgIpc) is 2.88. The minimum absolute atomic E-state index is 0.431. The van der Waals surface area contributed by atoms with E-state index in [-0.39, 0.29) is 0 Å². The summed E-state index contributed by atoms with van der Waals surface area (Å²) in [6.45, 7) is 7.26. The van der Waals surface area contributed by atoms with E-state index in [1.165, 1.54) is 22.4 Å². The van der Waals surface area contributed by atoms with Gasteiger partial charge in [-0.05, 0) is 61.7 Å². The van der Waals surface area contributed by atoms with Crippen LogP contribution in [0.5, 0.6) is 11.8 Å². The highest BCUT2D eigenvalue weighted by Crippen LogP contribution is 2.39. The van der Waals surface area contributed by atoms with E-state index in [0.717, 1.165) is 44.8 Å². The summed E-state index contributed by atoms with van der Waals surface area (Å²) in [6, 6.07) is 4.47. The number of aromatic nitrogens is 2. The fourth-order valence-corrected chi connectivity index (χ4v) is 3.73. The molecule has 1 N–H and O–H groups in total. The van der Waals surface area contributed by atoms with Crippen LogP contribution in [-0.4, -0.2) is 49.4 Å². The van der Waals surface area contributed by atoms with Crippen molar-refractivity contribution in [3.05, 3.63) is 41.2 Å². The van der Waals surface area contributed by atoms with Crippen molar-refractivity contribution >= 4 is 5.69 Å². The van der Waals surface area contributed by atoms with Crippen molar-refractivity contribution in [2.24, 2.45) is 0 Å². The number of rotatable bonds is 4. The third-order valence-corrected chi connectivity index (χ3v) is 4.93. The molecule has 0 saturated heterocycles. The molecule has 0 saturated carbocycles. The Labute approximate surface area is 148 Å². The molecule has 0 radical (unpaired) electrons. The number of ether oxygens (including phenoxy) is 2. The number of hydrogen-bond acceptors (Lipinski definition) is 6. The van der Waals surface area contributed by atoms with Crippen molar-refractivity contribution < 1.29 is 9.47 Å². The van der Waals surface area contributed by atoms with Gasteiger partial charge in [0.05, 0.1) is 18.8 Å². The van der Waals surface area contributed by atoms with E-state index in [2.05, 4.69) is 33.2 Å². The molecule has 3 heterocycles. The molecule has 2 aliphatic heterocycles. The van der Waals surface area contributed by atoms with Crippen molar-refractivity contribution in [3.63, 3.8) is 0 Å². The van der Waals surface area contributed by atoms with Gasteiger partial charge in [-0.15, -0.1) is 0 Å². The molecule has 6 nitrogen and oxygen atoms in total. The first kappa shape index (κ1) is 16.1. The van der Waals surface area contributed by atoms with E-state index in [1.807, 2.05) is 0 Å². The molecule has 6 heteroatoms. The fourth-order valence-electron chi connectivity index (χ4n) is 3.73. The van der Waals surface area contributed by atoms with Crippen LogP contribution in [0, 0.1) is 6.92 Å². The minimum Gasteiger partial charge on any atom is -0.490 e. The number of nitrogens with one attached hydrogen (secondary N) is 1. The highest BCUT2D eigenvalue weighted by Gasteiger charge is 2.24. The molecule has 0 unspecified atom stereocenters. The maximum atomic E-state index is 5.98. The molecule has 0 atom stereocenters. The molecule has 0 bridgehead atoms. The van der Waals surface area contributed by atoms with Crippen LogP contribution in [0.15, 0.2) is 24.5 Å². The van der Waals surface area contributed by atoms with Gasteiger partial charge in [0, 0.05) is 12.4 Å². The summed E-state index contributed by atoms with van der Waals surface area (Å²) < 4.78 is 11.7. The lowest BCUT2D eigenvalue weighted by atomic mass is 9.94. The number of anilines is 1. The third-order valence-electron chi connectivity index (χ3n) is 4.93. The molecular formula is C19H24N4O2. The zero-order valence-electron chi connectivity index (χ0n) is 14.6. The second-order valence-corrected chi connectivity index (χ2v) is 6.45. The zero-order valence-corrected chi connectivity index (χ0v) is 14.6. The van der Waals surface area contributed by atoms with Gasteiger partial charge in [-0.1, -0.05) is 0 Å². The van der Waals surface area contributed by atoms with Gasteiger partial charge in [0.2, 0.25) is 0 Å². The SMILES string of the molecule is Cc1c2c(cc3c1N(CCOc1ncccn1)CCO3)CCNCC2. The first-order valence-corrected chi connectivity index (χ1v) is 8.96. The molecule has 2 aliphatic rings. The van der Waals surface area contributed by atoms with E-state index in [0.29, 0.717) is 19.2 Å². The molecule has 0 aliphatic carbocycles. The fraction of sp³-hybridized carbons (Fsp3) is 0.474. The Balaban J connectivity index is 1.53. The molecule has 25 heavy (non-hydrogen) atoms. The molecular weight excluding hydrogens is 316 g/mol. The Bertz CT molecular complexity index is 736. The summed E-state index contributed by atoms with van der Waals surface area (Å²) in [5.74, 6) is 1.01. The molecule has 1 aromatic carbocycles. The zero-order chi connectivity index (χ0) is 17.1. The standard InChI is InChI=1S/C19H24N4O2/c1-14-16-4-8-20-7-3-15(16)13-17-18(14)23(9-11-24-17)10-12-25-19-21-5-2-6-22-19/h2,5-6,13,20H,3-4,7-12H2,1H3. The lowest BCUT2D eigenvalue weighted by Crippen LogP contribution is -2.36. The van der Waals surface area contributed by atoms with Gasteiger partial charge in [-0.2, -0.15) is 0 Å². The largest absolute Gasteiger partial charge is 0.490 e. The first-order chi connectivity index (χ1) is 12.3. The van der Waals surface area contributed by atoms with E-state index < -0.39 is 0 Å². The predicted molar refractivity (Wildman–Crippen MR) is 96.7 cm³/mol. The minimum atomic E-state index is 0.431. The van der Waals surface area contributed by atoms with Crippen molar-refractivity contribution in [2.75, 3.05) is 44.3 Å². The summed E-state index contributed by atoms with van der Waals surface area (Å²) in [6.07, 6.45) is 5.54. The summed E-state index contributed by atoms with van der Waals surface area (Å²) in [4.78, 5) is 10.6.